The molecular formula is C21H20N4O5. The number of esters is 1. The number of hydrogen-bond acceptors (Lipinski definition) is 7. The molecule has 154 valence electrons. The first-order valence-corrected chi connectivity index (χ1v) is 9.87. The van der Waals surface area contributed by atoms with Gasteiger partial charge in [-0.15, -0.1) is 0 Å². The number of para-hydroxylation sites is 1. The molecule has 0 bridgehead atoms. The Labute approximate surface area is 171 Å². The van der Waals surface area contributed by atoms with Crippen LogP contribution in [0.15, 0.2) is 29.1 Å². The first-order valence-electron chi connectivity index (χ1n) is 9.87. The molecule has 1 saturated carbocycles. The molecule has 2 atom stereocenters. The molecule has 0 unspecified atom stereocenters. The van der Waals surface area contributed by atoms with Crippen molar-refractivity contribution in [2.75, 3.05) is 6.54 Å². The van der Waals surface area contributed by atoms with Crippen molar-refractivity contribution in [2.24, 2.45) is 11.8 Å². The van der Waals surface area contributed by atoms with Gasteiger partial charge < -0.3 is 4.74 Å². The van der Waals surface area contributed by atoms with Crippen molar-refractivity contribution in [2.45, 2.75) is 38.8 Å². The molecule has 1 aromatic carbocycles. The highest BCUT2D eigenvalue weighted by molar-refractivity contribution is 6.07. The highest BCUT2D eigenvalue weighted by Gasteiger charge is 2.48. The van der Waals surface area contributed by atoms with Gasteiger partial charge in [0.05, 0.1) is 28.8 Å². The number of hydrogen-bond donors (Lipinski definition) is 0. The Kier molecular flexibility index (Phi) is 5.31. The smallest absolute Gasteiger partial charge is 0.326 e. The Balaban J connectivity index is 1.49. The Bertz CT molecular complexity index is 1110. The summed E-state index contributed by atoms with van der Waals surface area (Å²) in [6.07, 6.45) is 3.15. The lowest BCUT2D eigenvalue weighted by Gasteiger charge is -2.19. The van der Waals surface area contributed by atoms with Crippen molar-refractivity contribution in [3.05, 3.63) is 40.4 Å². The summed E-state index contributed by atoms with van der Waals surface area (Å²) in [5.74, 6) is -1.93. The number of benzene rings is 1. The molecule has 2 amide bonds. The quantitative estimate of drug-likeness (QED) is 0.537. The van der Waals surface area contributed by atoms with Crippen molar-refractivity contribution < 1.29 is 19.1 Å². The monoisotopic (exact) mass is 408 g/mol. The highest BCUT2D eigenvalue weighted by atomic mass is 16.5. The maximum Gasteiger partial charge on any atom is 0.326 e. The van der Waals surface area contributed by atoms with Crippen molar-refractivity contribution in [1.29, 1.82) is 5.26 Å². The average Bonchev–Trinajstić information content (AvgIpc) is 3.00. The van der Waals surface area contributed by atoms with E-state index >= 15 is 0 Å². The van der Waals surface area contributed by atoms with E-state index < -0.39 is 18.1 Å². The first-order chi connectivity index (χ1) is 14.5. The molecule has 1 aliphatic heterocycles. The molecule has 30 heavy (non-hydrogen) atoms. The summed E-state index contributed by atoms with van der Waals surface area (Å²) in [5.41, 5.74) is 0.0267. The average molecular weight is 408 g/mol. The number of carbonyl (C=O) groups excluding carboxylic acids is 3. The van der Waals surface area contributed by atoms with E-state index in [1.165, 1.54) is 0 Å². The second-order valence-electron chi connectivity index (χ2n) is 7.52. The second kappa shape index (κ2) is 8.06. The standard InChI is InChI=1S/C21H20N4O5/c22-9-10-24-17(23-16-8-4-3-7-15(16)21(24)29)12-30-18(26)11-25-19(27)13-5-1-2-6-14(13)20(25)28/h3-4,7-8,13-14H,1-2,5-6,10-12H2/t13-,14-/m1/s1. The van der Waals surface area contributed by atoms with E-state index in [-0.39, 0.29) is 42.6 Å². The fraction of sp³-hybridized carbons (Fsp3) is 0.429. The lowest BCUT2D eigenvalue weighted by atomic mass is 9.81. The van der Waals surface area contributed by atoms with Crippen molar-refractivity contribution in [3.8, 4) is 6.07 Å². The number of likely N-dealkylation sites (tertiary alicyclic amines) is 1. The van der Waals surface area contributed by atoms with Crippen LogP contribution < -0.4 is 5.56 Å². The van der Waals surface area contributed by atoms with Gasteiger partial charge in [-0.05, 0) is 25.0 Å². The molecular weight excluding hydrogens is 388 g/mol. The van der Waals surface area contributed by atoms with Gasteiger partial charge in [0, 0.05) is 0 Å². The summed E-state index contributed by atoms with van der Waals surface area (Å²) >= 11 is 0. The summed E-state index contributed by atoms with van der Waals surface area (Å²) in [6, 6.07) is 8.59. The van der Waals surface area contributed by atoms with Crippen LogP contribution in [-0.4, -0.2) is 38.8 Å². The van der Waals surface area contributed by atoms with E-state index in [2.05, 4.69) is 4.98 Å². The SMILES string of the molecule is N#CCn1c(COC(=O)CN2C(=O)[C@@H]3CCCC[C@H]3C2=O)nc2ccccc2c1=O. The summed E-state index contributed by atoms with van der Waals surface area (Å²) in [4.78, 5) is 55.3. The third-order valence-electron chi connectivity index (χ3n) is 5.75. The zero-order chi connectivity index (χ0) is 21.3. The van der Waals surface area contributed by atoms with Crippen LogP contribution in [0.5, 0.6) is 0 Å². The van der Waals surface area contributed by atoms with Gasteiger partial charge >= 0.3 is 5.97 Å². The van der Waals surface area contributed by atoms with Crippen molar-refractivity contribution in [1.82, 2.24) is 14.5 Å². The summed E-state index contributed by atoms with van der Waals surface area (Å²) in [6.45, 7) is -1.04. The van der Waals surface area contributed by atoms with Crippen LogP contribution in [-0.2, 0) is 32.3 Å². The van der Waals surface area contributed by atoms with Gasteiger partial charge in [-0.3, -0.25) is 28.6 Å². The summed E-state index contributed by atoms with van der Waals surface area (Å²) in [5, 5.41) is 9.40. The molecule has 1 aliphatic carbocycles. The molecule has 4 rings (SSSR count). The predicted molar refractivity (Wildman–Crippen MR) is 104 cm³/mol. The molecule has 9 nitrogen and oxygen atoms in total. The highest BCUT2D eigenvalue weighted by Crippen LogP contribution is 2.37. The molecule has 0 spiro atoms. The van der Waals surface area contributed by atoms with Gasteiger partial charge in [0.25, 0.3) is 5.56 Å². The van der Waals surface area contributed by atoms with Crippen LogP contribution in [0.25, 0.3) is 10.9 Å². The van der Waals surface area contributed by atoms with Crippen LogP contribution in [0.2, 0.25) is 0 Å². The topological polar surface area (TPSA) is 122 Å². The number of nitrogens with zero attached hydrogens (tertiary/aromatic N) is 4. The van der Waals surface area contributed by atoms with E-state index in [4.69, 9.17) is 10.00 Å². The molecule has 1 saturated heterocycles. The minimum atomic E-state index is -0.763. The molecule has 9 heteroatoms. The Morgan fingerprint density at radius 1 is 1.13 bits per heavy atom. The molecule has 0 N–H and O–H groups in total. The number of aromatic nitrogens is 2. The normalized spacial score (nSPS) is 20.8. The number of ether oxygens (including phenoxy) is 1. The van der Waals surface area contributed by atoms with E-state index in [1.807, 2.05) is 6.07 Å². The van der Waals surface area contributed by atoms with Gasteiger partial charge in [0.1, 0.15) is 19.7 Å². The third kappa shape index (κ3) is 3.45. The van der Waals surface area contributed by atoms with Crippen LogP contribution in [0, 0.1) is 23.2 Å². The molecule has 2 aromatic rings. The number of carbonyl (C=O) groups is 3. The molecule has 2 heterocycles. The maximum absolute atomic E-state index is 12.6. The molecule has 1 aromatic heterocycles. The fourth-order valence-electron chi connectivity index (χ4n) is 4.26. The zero-order valence-corrected chi connectivity index (χ0v) is 16.2. The van der Waals surface area contributed by atoms with Gasteiger partial charge in [0.2, 0.25) is 11.8 Å². The van der Waals surface area contributed by atoms with Gasteiger partial charge in [-0.1, -0.05) is 25.0 Å². The van der Waals surface area contributed by atoms with Gasteiger partial charge in [-0.25, -0.2) is 4.98 Å². The first kappa shape index (κ1) is 19.8. The molecule has 2 fully saturated rings. The van der Waals surface area contributed by atoms with E-state index in [9.17, 15) is 19.2 Å². The minimum Gasteiger partial charge on any atom is -0.456 e. The summed E-state index contributed by atoms with van der Waals surface area (Å²) < 4.78 is 6.36. The van der Waals surface area contributed by atoms with Crippen LogP contribution in [0.3, 0.4) is 0 Å². The van der Waals surface area contributed by atoms with Crippen LogP contribution in [0.4, 0.5) is 0 Å². The number of imide groups is 1. The Morgan fingerprint density at radius 2 is 1.80 bits per heavy atom. The number of amides is 2. The van der Waals surface area contributed by atoms with Crippen molar-refractivity contribution in [3.63, 3.8) is 0 Å². The van der Waals surface area contributed by atoms with E-state index in [0.717, 1.165) is 22.3 Å². The van der Waals surface area contributed by atoms with Crippen molar-refractivity contribution >= 4 is 28.7 Å². The van der Waals surface area contributed by atoms with Crippen LogP contribution >= 0.6 is 0 Å². The predicted octanol–water partition coefficient (Wildman–Crippen LogP) is 1.14. The lowest BCUT2D eigenvalue weighted by molar-refractivity contribution is -0.154. The number of nitriles is 1. The second-order valence-corrected chi connectivity index (χ2v) is 7.52. The Hall–Kier alpha value is -3.54. The van der Waals surface area contributed by atoms with E-state index in [0.29, 0.717) is 23.7 Å². The lowest BCUT2D eigenvalue weighted by Crippen LogP contribution is -2.37. The summed E-state index contributed by atoms with van der Waals surface area (Å²) in [7, 11) is 0. The zero-order valence-electron chi connectivity index (χ0n) is 16.2. The third-order valence-corrected chi connectivity index (χ3v) is 5.75. The minimum absolute atomic E-state index is 0.126. The van der Waals surface area contributed by atoms with E-state index in [1.54, 1.807) is 24.3 Å². The maximum atomic E-state index is 12.6. The van der Waals surface area contributed by atoms with Gasteiger partial charge in [0.15, 0.2) is 5.82 Å². The fourth-order valence-corrected chi connectivity index (χ4v) is 4.26. The Morgan fingerprint density at radius 3 is 2.47 bits per heavy atom. The molecule has 2 aliphatic rings. The van der Waals surface area contributed by atoms with Gasteiger partial charge in [-0.2, -0.15) is 5.26 Å². The van der Waals surface area contributed by atoms with Crippen LogP contribution in [0.1, 0.15) is 31.5 Å². The molecule has 0 radical (unpaired) electrons. The number of fused-ring (bicyclic) bond motifs is 2. The number of rotatable bonds is 5. The largest absolute Gasteiger partial charge is 0.456 e.